The number of urea groups is 1. The van der Waals surface area contributed by atoms with E-state index in [0.717, 1.165) is 12.0 Å². The summed E-state index contributed by atoms with van der Waals surface area (Å²) in [5.41, 5.74) is 1.04. The van der Waals surface area contributed by atoms with Crippen molar-refractivity contribution < 1.29 is 23.8 Å². The third-order valence-corrected chi connectivity index (χ3v) is 3.73. The molecule has 0 saturated carbocycles. The van der Waals surface area contributed by atoms with Crippen LogP contribution in [0.1, 0.15) is 24.9 Å². The molecule has 23 heavy (non-hydrogen) atoms. The summed E-state index contributed by atoms with van der Waals surface area (Å²) in [6.07, 6.45) is 0.722. The van der Waals surface area contributed by atoms with Crippen LogP contribution in [-0.2, 0) is 9.53 Å². The third-order valence-electron chi connectivity index (χ3n) is 3.73. The number of rotatable bonds is 4. The number of carbonyl (C=O) groups is 2. The average Bonchev–Trinajstić information content (AvgIpc) is 2.99. The molecule has 122 valence electrons. The standard InChI is InChI=1S/C16H18N2O5/c1-3-6-21-15(19)13-9(2)17-16(20)18-14(13)10-4-5-11-12(7-10)23-8-22-11/h4-5,7,13-14H,2-3,6,8H2,1H3,(H2,17,18,20)/t13-,14+/m1/s1. The zero-order chi connectivity index (χ0) is 16.4. The molecule has 1 aromatic rings. The van der Waals surface area contributed by atoms with E-state index in [4.69, 9.17) is 14.2 Å². The lowest BCUT2D eigenvalue weighted by atomic mass is 9.89. The first-order valence-electron chi connectivity index (χ1n) is 7.42. The van der Waals surface area contributed by atoms with Crippen molar-refractivity contribution in [2.45, 2.75) is 19.4 Å². The smallest absolute Gasteiger partial charge is 0.319 e. The number of nitrogens with one attached hydrogen (secondary N) is 2. The van der Waals surface area contributed by atoms with Crippen molar-refractivity contribution in [1.29, 1.82) is 0 Å². The second kappa shape index (κ2) is 6.20. The molecule has 0 spiro atoms. The summed E-state index contributed by atoms with van der Waals surface area (Å²) >= 11 is 0. The number of carbonyl (C=O) groups excluding carboxylic acids is 2. The Morgan fingerprint density at radius 3 is 2.96 bits per heavy atom. The van der Waals surface area contributed by atoms with Gasteiger partial charge in [0.1, 0.15) is 5.92 Å². The summed E-state index contributed by atoms with van der Waals surface area (Å²) in [6.45, 7) is 6.19. The van der Waals surface area contributed by atoms with E-state index in [1.165, 1.54) is 0 Å². The maximum Gasteiger partial charge on any atom is 0.319 e. The molecule has 2 atom stereocenters. The monoisotopic (exact) mass is 318 g/mol. The molecule has 0 unspecified atom stereocenters. The van der Waals surface area contributed by atoms with E-state index in [1.54, 1.807) is 18.2 Å². The number of hydrogen-bond donors (Lipinski definition) is 2. The zero-order valence-corrected chi connectivity index (χ0v) is 12.8. The van der Waals surface area contributed by atoms with Crippen molar-refractivity contribution in [3.8, 4) is 11.5 Å². The van der Waals surface area contributed by atoms with Crippen molar-refractivity contribution in [3.05, 3.63) is 36.0 Å². The summed E-state index contributed by atoms with van der Waals surface area (Å²) in [5.74, 6) is 0.0890. The van der Waals surface area contributed by atoms with Crippen LogP contribution in [0.15, 0.2) is 30.5 Å². The van der Waals surface area contributed by atoms with Crippen LogP contribution < -0.4 is 20.1 Å². The molecule has 2 N–H and O–H groups in total. The molecule has 0 aliphatic carbocycles. The first kappa shape index (κ1) is 15.2. The maximum atomic E-state index is 12.4. The van der Waals surface area contributed by atoms with Crippen molar-refractivity contribution in [2.75, 3.05) is 13.4 Å². The van der Waals surface area contributed by atoms with E-state index in [0.29, 0.717) is 23.8 Å². The van der Waals surface area contributed by atoms with E-state index in [1.807, 2.05) is 6.92 Å². The van der Waals surface area contributed by atoms with E-state index >= 15 is 0 Å². The van der Waals surface area contributed by atoms with Crippen LogP contribution in [0, 0.1) is 5.92 Å². The van der Waals surface area contributed by atoms with Crippen LogP contribution in [-0.4, -0.2) is 25.4 Å². The van der Waals surface area contributed by atoms with Gasteiger partial charge in [-0.3, -0.25) is 4.79 Å². The zero-order valence-electron chi connectivity index (χ0n) is 12.8. The predicted molar refractivity (Wildman–Crippen MR) is 80.9 cm³/mol. The largest absolute Gasteiger partial charge is 0.465 e. The number of fused-ring (bicyclic) bond motifs is 1. The Balaban J connectivity index is 1.90. The van der Waals surface area contributed by atoms with Gasteiger partial charge in [0.05, 0.1) is 12.6 Å². The maximum absolute atomic E-state index is 12.4. The number of esters is 1. The number of amides is 2. The fraction of sp³-hybridized carbons (Fsp3) is 0.375. The van der Waals surface area contributed by atoms with Gasteiger partial charge in [-0.1, -0.05) is 19.6 Å². The van der Waals surface area contributed by atoms with Crippen LogP contribution in [0.2, 0.25) is 0 Å². The molecule has 0 aromatic heterocycles. The van der Waals surface area contributed by atoms with Crippen molar-refractivity contribution in [3.63, 3.8) is 0 Å². The minimum Gasteiger partial charge on any atom is -0.465 e. The fourth-order valence-electron chi connectivity index (χ4n) is 2.64. The summed E-state index contributed by atoms with van der Waals surface area (Å²) in [7, 11) is 0. The fourth-order valence-corrected chi connectivity index (χ4v) is 2.64. The normalized spacial score (nSPS) is 22.3. The highest BCUT2D eigenvalue weighted by atomic mass is 16.7. The first-order chi connectivity index (χ1) is 11.1. The third kappa shape index (κ3) is 2.94. The summed E-state index contributed by atoms with van der Waals surface area (Å²) in [4.78, 5) is 24.1. The lowest BCUT2D eigenvalue weighted by molar-refractivity contribution is -0.148. The molecule has 3 rings (SSSR count). The van der Waals surface area contributed by atoms with Crippen LogP contribution in [0.4, 0.5) is 4.79 Å². The van der Waals surface area contributed by atoms with Gasteiger partial charge in [-0.15, -0.1) is 0 Å². The van der Waals surface area contributed by atoms with Crippen LogP contribution in [0.5, 0.6) is 11.5 Å². The minimum atomic E-state index is -0.709. The molecule has 2 amide bonds. The minimum absolute atomic E-state index is 0.159. The Labute approximate surface area is 133 Å². The molecule has 0 radical (unpaired) electrons. The SMILES string of the molecule is C=C1NC(=O)N[C@@H](c2ccc3c(c2)OCO3)[C@@H]1C(=O)OCCC. The van der Waals surface area contributed by atoms with E-state index in [9.17, 15) is 9.59 Å². The molecule has 1 fully saturated rings. The summed E-state index contributed by atoms with van der Waals surface area (Å²) in [6, 6.07) is 4.32. The summed E-state index contributed by atoms with van der Waals surface area (Å²) < 4.78 is 15.9. The van der Waals surface area contributed by atoms with Gasteiger partial charge in [0.2, 0.25) is 6.79 Å². The van der Waals surface area contributed by atoms with Gasteiger partial charge in [0, 0.05) is 5.70 Å². The van der Waals surface area contributed by atoms with Gasteiger partial charge in [0.25, 0.3) is 0 Å². The summed E-state index contributed by atoms with van der Waals surface area (Å²) in [5, 5.41) is 5.29. The van der Waals surface area contributed by atoms with Gasteiger partial charge >= 0.3 is 12.0 Å². The highest BCUT2D eigenvalue weighted by Crippen LogP contribution is 2.37. The molecular formula is C16H18N2O5. The van der Waals surface area contributed by atoms with Gasteiger partial charge < -0.3 is 24.8 Å². The van der Waals surface area contributed by atoms with Crippen LogP contribution >= 0.6 is 0 Å². The highest BCUT2D eigenvalue weighted by molar-refractivity contribution is 5.85. The number of benzene rings is 1. The van der Waals surface area contributed by atoms with Gasteiger partial charge in [-0.2, -0.15) is 0 Å². The van der Waals surface area contributed by atoms with E-state index in [-0.39, 0.29) is 6.79 Å². The second-order valence-electron chi connectivity index (χ2n) is 5.36. The van der Waals surface area contributed by atoms with Gasteiger partial charge in [-0.05, 0) is 24.1 Å². The predicted octanol–water partition coefficient (Wildman–Crippen LogP) is 1.85. The van der Waals surface area contributed by atoms with Crippen molar-refractivity contribution in [1.82, 2.24) is 10.6 Å². The molecule has 7 heteroatoms. The van der Waals surface area contributed by atoms with Gasteiger partial charge in [-0.25, -0.2) is 4.79 Å². The topological polar surface area (TPSA) is 85.9 Å². The first-order valence-corrected chi connectivity index (χ1v) is 7.42. The molecular weight excluding hydrogens is 300 g/mol. The Morgan fingerprint density at radius 1 is 1.39 bits per heavy atom. The molecule has 0 bridgehead atoms. The average molecular weight is 318 g/mol. The second-order valence-corrected chi connectivity index (χ2v) is 5.36. The lowest BCUT2D eigenvalue weighted by Gasteiger charge is -2.33. The van der Waals surface area contributed by atoms with Crippen LogP contribution in [0.25, 0.3) is 0 Å². The number of hydrogen-bond acceptors (Lipinski definition) is 5. The number of ether oxygens (including phenoxy) is 3. The molecule has 1 aromatic carbocycles. The Kier molecular flexibility index (Phi) is 4.10. The highest BCUT2D eigenvalue weighted by Gasteiger charge is 2.39. The molecule has 1 saturated heterocycles. The Morgan fingerprint density at radius 2 is 2.17 bits per heavy atom. The van der Waals surface area contributed by atoms with Gasteiger partial charge in [0.15, 0.2) is 11.5 Å². The van der Waals surface area contributed by atoms with E-state index < -0.39 is 24.0 Å². The van der Waals surface area contributed by atoms with E-state index in [2.05, 4.69) is 17.2 Å². The van der Waals surface area contributed by atoms with Crippen molar-refractivity contribution in [2.24, 2.45) is 5.92 Å². The lowest BCUT2D eigenvalue weighted by Crippen LogP contribution is -2.51. The quantitative estimate of drug-likeness (QED) is 0.828. The molecule has 2 aliphatic rings. The van der Waals surface area contributed by atoms with Crippen LogP contribution in [0.3, 0.4) is 0 Å². The molecule has 7 nitrogen and oxygen atoms in total. The molecule has 2 aliphatic heterocycles. The Bertz CT molecular complexity index is 658. The Hall–Kier alpha value is -2.70. The van der Waals surface area contributed by atoms with Crippen molar-refractivity contribution >= 4 is 12.0 Å². The molecule has 2 heterocycles.